The van der Waals surface area contributed by atoms with E-state index in [-0.39, 0.29) is 11.2 Å². The fourth-order valence-electron chi connectivity index (χ4n) is 2.49. The second-order valence-electron chi connectivity index (χ2n) is 5.50. The Morgan fingerprint density at radius 3 is 2.75 bits per heavy atom. The average molecular weight is 279 g/mol. The van der Waals surface area contributed by atoms with Crippen molar-refractivity contribution in [3.8, 4) is 0 Å². The van der Waals surface area contributed by atoms with Gasteiger partial charge in [-0.3, -0.25) is 10.1 Å². The zero-order valence-electron chi connectivity index (χ0n) is 12.0. The van der Waals surface area contributed by atoms with Crippen LogP contribution in [0.2, 0.25) is 0 Å². The summed E-state index contributed by atoms with van der Waals surface area (Å²) >= 11 is 0. The van der Waals surface area contributed by atoms with E-state index in [2.05, 4.69) is 27.5 Å². The highest BCUT2D eigenvalue weighted by atomic mass is 16.6. The Morgan fingerprint density at radius 2 is 2.15 bits per heavy atom. The average Bonchev–Trinajstić information content (AvgIpc) is 2.82. The molecule has 1 fully saturated rings. The third kappa shape index (κ3) is 3.34. The molecule has 1 saturated carbocycles. The lowest BCUT2D eigenvalue weighted by Crippen LogP contribution is -2.31. The molecule has 0 radical (unpaired) electrons. The zero-order chi connectivity index (χ0) is 14.6. The van der Waals surface area contributed by atoms with Crippen molar-refractivity contribution < 1.29 is 4.92 Å². The van der Waals surface area contributed by atoms with Crippen LogP contribution in [-0.4, -0.2) is 27.0 Å². The van der Waals surface area contributed by atoms with Gasteiger partial charge in [-0.2, -0.15) is 4.98 Å². The van der Waals surface area contributed by atoms with Crippen LogP contribution in [0.4, 0.5) is 17.5 Å². The molecule has 1 aliphatic carbocycles. The third-order valence-corrected chi connectivity index (χ3v) is 3.63. The summed E-state index contributed by atoms with van der Waals surface area (Å²) < 4.78 is 0. The second kappa shape index (κ2) is 6.02. The quantitative estimate of drug-likeness (QED) is 0.614. The molecule has 7 nitrogen and oxygen atoms in total. The van der Waals surface area contributed by atoms with Crippen molar-refractivity contribution in [2.24, 2.45) is 0 Å². The summed E-state index contributed by atoms with van der Waals surface area (Å²) in [6, 6.07) is 0. The van der Waals surface area contributed by atoms with Crippen molar-refractivity contribution in [3.63, 3.8) is 0 Å². The predicted octanol–water partition coefficient (Wildman–Crippen LogP) is 2.95. The molecule has 110 valence electrons. The van der Waals surface area contributed by atoms with Crippen LogP contribution in [0.1, 0.15) is 46.0 Å². The van der Waals surface area contributed by atoms with Crippen LogP contribution in [0.25, 0.3) is 0 Å². The second-order valence-corrected chi connectivity index (χ2v) is 5.50. The molecule has 0 aliphatic heterocycles. The molecule has 1 aliphatic rings. The topological polar surface area (TPSA) is 93.0 Å². The fourth-order valence-corrected chi connectivity index (χ4v) is 2.49. The van der Waals surface area contributed by atoms with Gasteiger partial charge < -0.3 is 10.6 Å². The number of nitrogens with zero attached hydrogens (tertiary/aromatic N) is 3. The van der Waals surface area contributed by atoms with Crippen LogP contribution < -0.4 is 10.6 Å². The molecule has 0 unspecified atom stereocenters. The minimum atomic E-state index is -0.440. The summed E-state index contributed by atoms with van der Waals surface area (Å²) in [7, 11) is 0. The van der Waals surface area contributed by atoms with Gasteiger partial charge in [-0.15, -0.1) is 0 Å². The smallest absolute Gasteiger partial charge is 0.329 e. The van der Waals surface area contributed by atoms with Gasteiger partial charge >= 0.3 is 5.69 Å². The number of hydrogen-bond donors (Lipinski definition) is 2. The highest BCUT2D eigenvalue weighted by Gasteiger charge is 2.31. The van der Waals surface area contributed by atoms with E-state index in [4.69, 9.17) is 0 Å². The number of nitrogens with one attached hydrogen (secondary N) is 2. The third-order valence-electron chi connectivity index (χ3n) is 3.63. The molecule has 7 heteroatoms. The van der Waals surface area contributed by atoms with Crippen LogP contribution in [0.3, 0.4) is 0 Å². The van der Waals surface area contributed by atoms with E-state index in [1.807, 2.05) is 6.92 Å². The molecular formula is C13H21N5O2. The Morgan fingerprint density at radius 1 is 1.45 bits per heavy atom. The normalized spacial score (nSPS) is 16.9. The summed E-state index contributed by atoms with van der Waals surface area (Å²) in [6.07, 6.45) is 6.51. The van der Waals surface area contributed by atoms with Gasteiger partial charge in [0.05, 0.1) is 4.92 Å². The van der Waals surface area contributed by atoms with Gasteiger partial charge in [0, 0.05) is 12.1 Å². The van der Waals surface area contributed by atoms with Crippen LogP contribution in [0, 0.1) is 10.1 Å². The standard InChI is InChI=1S/C13H21N5O2/c1-3-8-14-12-15-9-10(18(19)20)11(16-12)17-13(2)6-4-5-7-13/h9H,3-8H2,1-2H3,(H2,14,15,16,17). The van der Waals surface area contributed by atoms with E-state index in [1.54, 1.807) is 0 Å². The van der Waals surface area contributed by atoms with E-state index in [0.29, 0.717) is 11.8 Å². The Balaban J connectivity index is 2.24. The van der Waals surface area contributed by atoms with Gasteiger partial charge in [-0.05, 0) is 26.2 Å². The predicted molar refractivity (Wildman–Crippen MR) is 78.0 cm³/mol. The molecule has 0 atom stereocenters. The van der Waals surface area contributed by atoms with Gasteiger partial charge in [-0.1, -0.05) is 19.8 Å². The molecule has 0 bridgehead atoms. The lowest BCUT2D eigenvalue weighted by atomic mass is 10.0. The van der Waals surface area contributed by atoms with E-state index in [9.17, 15) is 10.1 Å². The van der Waals surface area contributed by atoms with E-state index in [0.717, 1.165) is 38.6 Å². The van der Waals surface area contributed by atoms with Crippen LogP contribution >= 0.6 is 0 Å². The van der Waals surface area contributed by atoms with Crippen molar-refractivity contribution >= 4 is 17.5 Å². The number of aromatic nitrogens is 2. The Kier molecular flexibility index (Phi) is 4.36. The number of nitro groups is 1. The number of hydrogen-bond acceptors (Lipinski definition) is 6. The summed E-state index contributed by atoms with van der Waals surface area (Å²) in [5.41, 5.74) is -0.179. The molecule has 20 heavy (non-hydrogen) atoms. The summed E-state index contributed by atoms with van der Waals surface area (Å²) in [5, 5.41) is 17.4. The highest BCUT2D eigenvalue weighted by molar-refractivity contribution is 5.58. The van der Waals surface area contributed by atoms with Crippen molar-refractivity contribution in [2.75, 3.05) is 17.2 Å². The number of rotatable bonds is 6. The summed E-state index contributed by atoms with van der Waals surface area (Å²) in [6.45, 7) is 4.87. The Hall–Kier alpha value is -1.92. The molecule has 2 rings (SSSR count). The summed E-state index contributed by atoms with van der Waals surface area (Å²) in [4.78, 5) is 18.9. The molecule has 0 spiro atoms. The summed E-state index contributed by atoms with van der Waals surface area (Å²) in [5.74, 6) is 0.745. The van der Waals surface area contributed by atoms with E-state index < -0.39 is 4.92 Å². The first-order chi connectivity index (χ1) is 9.54. The van der Waals surface area contributed by atoms with Gasteiger partial charge in [0.1, 0.15) is 6.20 Å². The molecule has 0 aromatic carbocycles. The Bertz CT molecular complexity index is 486. The minimum absolute atomic E-state index is 0.0693. The lowest BCUT2D eigenvalue weighted by Gasteiger charge is -2.25. The van der Waals surface area contributed by atoms with Crippen LogP contribution in [0.15, 0.2) is 6.20 Å². The lowest BCUT2D eigenvalue weighted by molar-refractivity contribution is -0.384. The first-order valence-corrected chi connectivity index (χ1v) is 7.07. The van der Waals surface area contributed by atoms with Crippen molar-refractivity contribution in [1.29, 1.82) is 0 Å². The van der Waals surface area contributed by atoms with Gasteiger partial charge in [0.15, 0.2) is 0 Å². The van der Waals surface area contributed by atoms with Gasteiger partial charge in [0.2, 0.25) is 11.8 Å². The maximum atomic E-state index is 11.1. The molecule has 1 aromatic rings. The SMILES string of the molecule is CCCNc1ncc([N+](=O)[O-])c(NC2(C)CCCC2)n1. The molecule has 1 aromatic heterocycles. The highest BCUT2D eigenvalue weighted by Crippen LogP contribution is 2.34. The van der Waals surface area contributed by atoms with E-state index >= 15 is 0 Å². The fraction of sp³-hybridized carbons (Fsp3) is 0.692. The van der Waals surface area contributed by atoms with Crippen LogP contribution in [-0.2, 0) is 0 Å². The molecular weight excluding hydrogens is 258 g/mol. The first-order valence-electron chi connectivity index (χ1n) is 7.07. The van der Waals surface area contributed by atoms with Crippen molar-refractivity contribution in [1.82, 2.24) is 9.97 Å². The van der Waals surface area contributed by atoms with Crippen molar-refractivity contribution in [2.45, 2.75) is 51.5 Å². The largest absolute Gasteiger partial charge is 0.359 e. The monoisotopic (exact) mass is 279 g/mol. The molecule has 1 heterocycles. The van der Waals surface area contributed by atoms with Crippen LogP contribution in [0.5, 0.6) is 0 Å². The van der Waals surface area contributed by atoms with E-state index in [1.165, 1.54) is 6.20 Å². The van der Waals surface area contributed by atoms with Crippen molar-refractivity contribution in [3.05, 3.63) is 16.3 Å². The maximum absolute atomic E-state index is 11.1. The first kappa shape index (κ1) is 14.5. The maximum Gasteiger partial charge on any atom is 0.329 e. The number of anilines is 2. The molecule has 0 amide bonds. The minimum Gasteiger partial charge on any atom is -0.359 e. The van der Waals surface area contributed by atoms with Gasteiger partial charge in [-0.25, -0.2) is 4.98 Å². The zero-order valence-corrected chi connectivity index (χ0v) is 12.0. The van der Waals surface area contributed by atoms with Gasteiger partial charge in [0.25, 0.3) is 0 Å². The molecule has 2 N–H and O–H groups in total. The molecule has 0 saturated heterocycles. The Labute approximate surface area is 118 Å².